The normalized spacial score (nSPS) is 11.5. The summed E-state index contributed by atoms with van der Waals surface area (Å²) < 4.78 is 0. The summed E-state index contributed by atoms with van der Waals surface area (Å²) in [6, 6.07) is 5.31. The minimum Gasteiger partial charge on any atom is -0.399 e. The second kappa shape index (κ2) is 4.86. The molecule has 0 aliphatic rings. The molecule has 14 heavy (non-hydrogen) atoms. The molecule has 0 heterocycles. The molecule has 0 fully saturated rings. The summed E-state index contributed by atoms with van der Waals surface area (Å²) in [5, 5.41) is 4.48. The van der Waals surface area contributed by atoms with E-state index in [0.717, 1.165) is 11.3 Å². The number of hydrogen-bond donors (Lipinski definition) is 1. The van der Waals surface area contributed by atoms with Crippen LogP contribution in [0.1, 0.15) is 19.4 Å². The van der Waals surface area contributed by atoms with E-state index in [4.69, 9.17) is 22.2 Å². The van der Waals surface area contributed by atoms with Gasteiger partial charge in [-0.3, -0.25) is 0 Å². The van der Waals surface area contributed by atoms with Gasteiger partial charge in [0.2, 0.25) is 0 Å². The molecule has 0 saturated carbocycles. The second-order valence-corrected chi connectivity index (χ2v) is 3.24. The number of benzene rings is 1. The van der Waals surface area contributed by atoms with Gasteiger partial charge in [-0.05, 0) is 32.0 Å². The molecule has 0 radical (unpaired) electrons. The highest BCUT2D eigenvalue weighted by atomic mass is 35.5. The highest BCUT2D eigenvalue weighted by Gasteiger charge is 2.04. The van der Waals surface area contributed by atoms with Crippen LogP contribution in [0.25, 0.3) is 0 Å². The van der Waals surface area contributed by atoms with Crippen molar-refractivity contribution >= 4 is 23.0 Å². The molecule has 1 aromatic carbocycles. The molecule has 0 unspecified atom stereocenters. The second-order valence-electron chi connectivity index (χ2n) is 2.83. The third kappa shape index (κ3) is 2.64. The van der Waals surface area contributed by atoms with Gasteiger partial charge in [-0.25, -0.2) is 0 Å². The topological polar surface area (TPSA) is 47.6 Å². The number of hydrogen-bond acceptors (Lipinski definition) is 3. The van der Waals surface area contributed by atoms with Gasteiger partial charge in [0.15, 0.2) is 0 Å². The molecular formula is C10H13ClN2O. The van der Waals surface area contributed by atoms with Crippen molar-refractivity contribution in [3.63, 3.8) is 0 Å². The number of oxime groups is 1. The molecule has 0 spiro atoms. The van der Waals surface area contributed by atoms with Crippen LogP contribution in [0.3, 0.4) is 0 Å². The van der Waals surface area contributed by atoms with Gasteiger partial charge in [0.05, 0.1) is 10.7 Å². The summed E-state index contributed by atoms with van der Waals surface area (Å²) in [5.74, 6) is 0. The minimum atomic E-state index is 0.546. The first-order valence-corrected chi connectivity index (χ1v) is 4.75. The maximum Gasteiger partial charge on any atom is 0.114 e. The van der Waals surface area contributed by atoms with Gasteiger partial charge in [-0.1, -0.05) is 16.8 Å². The Kier molecular flexibility index (Phi) is 3.77. The van der Waals surface area contributed by atoms with Crippen molar-refractivity contribution in [1.29, 1.82) is 0 Å². The fourth-order valence-corrected chi connectivity index (χ4v) is 1.36. The van der Waals surface area contributed by atoms with Crippen LogP contribution in [0.5, 0.6) is 0 Å². The zero-order chi connectivity index (χ0) is 10.6. The van der Waals surface area contributed by atoms with Gasteiger partial charge in [-0.15, -0.1) is 0 Å². The predicted octanol–water partition coefficient (Wildman–Crippen LogP) is 2.68. The van der Waals surface area contributed by atoms with E-state index in [0.29, 0.717) is 17.3 Å². The van der Waals surface area contributed by atoms with Crippen LogP contribution in [0.2, 0.25) is 5.02 Å². The van der Waals surface area contributed by atoms with Gasteiger partial charge >= 0.3 is 0 Å². The molecule has 0 aliphatic heterocycles. The molecule has 2 N–H and O–H groups in total. The Morgan fingerprint density at radius 2 is 2.29 bits per heavy atom. The first kappa shape index (κ1) is 10.9. The maximum atomic E-state index is 5.99. The maximum absolute atomic E-state index is 5.99. The lowest BCUT2D eigenvalue weighted by molar-refractivity contribution is 0.159. The Morgan fingerprint density at radius 1 is 1.57 bits per heavy atom. The molecule has 0 saturated heterocycles. The lowest BCUT2D eigenvalue weighted by atomic mass is 10.1. The van der Waals surface area contributed by atoms with Crippen LogP contribution in [0.15, 0.2) is 23.4 Å². The standard InChI is InChI=1S/C10H13ClN2O/c1-3-14-13-7(2)9-5-4-8(12)6-10(9)11/h4-6H,3,12H2,1-2H3/b13-7-. The summed E-state index contributed by atoms with van der Waals surface area (Å²) in [5.41, 5.74) is 7.80. The fourth-order valence-electron chi connectivity index (χ4n) is 1.04. The Hall–Kier alpha value is -1.22. The molecule has 1 rings (SSSR count). The summed E-state index contributed by atoms with van der Waals surface area (Å²) in [4.78, 5) is 4.93. The quantitative estimate of drug-likeness (QED) is 0.476. The van der Waals surface area contributed by atoms with Gasteiger partial charge < -0.3 is 10.6 Å². The van der Waals surface area contributed by atoms with Crippen molar-refractivity contribution in [1.82, 2.24) is 0 Å². The highest BCUT2D eigenvalue weighted by molar-refractivity contribution is 6.34. The predicted molar refractivity (Wildman–Crippen MR) is 59.7 cm³/mol. The van der Waals surface area contributed by atoms with E-state index in [-0.39, 0.29) is 0 Å². The van der Waals surface area contributed by atoms with E-state index in [1.54, 1.807) is 12.1 Å². The molecule has 0 amide bonds. The summed E-state index contributed by atoms with van der Waals surface area (Å²) in [7, 11) is 0. The van der Waals surface area contributed by atoms with Crippen molar-refractivity contribution in [2.75, 3.05) is 12.3 Å². The molecule has 76 valence electrons. The third-order valence-electron chi connectivity index (χ3n) is 1.71. The summed E-state index contributed by atoms with van der Waals surface area (Å²) >= 11 is 5.99. The SMILES string of the molecule is CCO/N=C(/C)c1ccc(N)cc1Cl. The monoisotopic (exact) mass is 212 g/mol. The largest absolute Gasteiger partial charge is 0.399 e. The zero-order valence-corrected chi connectivity index (χ0v) is 9.01. The van der Waals surface area contributed by atoms with Crippen LogP contribution in [0, 0.1) is 0 Å². The van der Waals surface area contributed by atoms with E-state index in [2.05, 4.69) is 5.16 Å². The molecular weight excluding hydrogens is 200 g/mol. The van der Waals surface area contributed by atoms with Gasteiger partial charge in [0.1, 0.15) is 6.61 Å². The van der Waals surface area contributed by atoms with Crippen molar-refractivity contribution in [2.45, 2.75) is 13.8 Å². The van der Waals surface area contributed by atoms with Crippen LogP contribution in [-0.4, -0.2) is 12.3 Å². The van der Waals surface area contributed by atoms with E-state index in [1.165, 1.54) is 0 Å². The Morgan fingerprint density at radius 3 is 2.86 bits per heavy atom. The fraction of sp³-hybridized carbons (Fsp3) is 0.300. The van der Waals surface area contributed by atoms with E-state index >= 15 is 0 Å². The molecule has 0 bridgehead atoms. The lowest BCUT2D eigenvalue weighted by Gasteiger charge is -2.04. The third-order valence-corrected chi connectivity index (χ3v) is 2.03. The number of nitrogens with two attached hydrogens (primary N) is 1. The molecule has 1 aromatic rings. The Labute approximate surface area is 88.5 Å². The summed E-state index contributed by atoms with van der Waals surface area (Å²) in [6.07, 6.45) is 0. The average molecular weight is 213 g/mol. The molecule has 4 heteroatoms. The van der Waals surface area contributed by atoms with Gasteiger partial charge in [-0.2, -0.15) is 0 Å². The number of nitrogen functional groups attached to an aromatic ring is 1. The molecule has 0 atom stereocenters. The van der Waals surface area contributed by atoms with E-state index in [1.807, 2.05) is 19.9 Å². The van der Waals surface area contributed by atoms with Crippen LogP contribution < -0.4 is 5.73 Å². The zero-order valence-electron chi connectivity index (χ0n) is 8.25. The highest BCUT2D eigenvalue weighted by Crippen LogP contribution is 2.19. The number of halogens is 1. The van der Waals surface area contributed by atoms with Gasteiger partial charge in [0.25, 0.3) is 0 Å². The van der Waals surface area contributed by atoms with Gasteiger partial charge in [0, 0.05) is 11.3 Å². The number of nitrogens with zero attached hydrogens (tertiary/aromatic N) is 1. The van der Waals surface area contributed by atoms with Crippen LogP contribution in [-0.2, 0) is 4.84 Å². The summed E-state index contributed by atoms with van der Waals surface area (Å²) in [6.45, 7) is 4.26. The smallest absolute Gasteiger partial charge is 0.114 e. The molecule has 0 aliphatic carbocycles. The van der Waals surface area contributed by atoms with Crippen molar-refractivity contribution in [3.8, 4) is 0 Å². The van der Waals surface area contributed by atoms with Crippen molar-refractivity contribution in [2.24, 2.45) is 5.16 Å². The molecule has 0 aromatic heterocycles. The first-order chi connectivity index (χ1) is 6.65. The van der Waals surface area contributed by atoms with Crippen LogP contribution >= 0.6 is 11.6 Å². The van der Waals surface area contributed by atoms with E-state index < -0.39 is 0 Å². The molecule has 3 nitrogen and oxygen atoms in total. The van der Waals surface area contributed by atoms with Crippen LogP contribution in [0.4, 0.5) is 5.69 Å². The minimum absolute atomic E-state index is 0.546. The number of rotatable bonds is 3. The van der Waals surface area contributed by atoms with E-state index in [9.17, 15) is 0 Å². The average Bonchev–Trinajstić information content (AvgIpc) is 2.14. The Bertz CT molecular complexity index is 350. The number of anilines is 1. The first-order valence-electron chi connectivity index (χ1n) is 4.37. The Balaban J connectivity index is 2.95. The lowest BCUT2D eigenvalue weighted by Crippen LogP contribution is -1.98. The van der Waals surface area contributed by atoms with Crippen molar-refractivity contribution < 1.29 is 4.84 Å². The van der Waals surface area contributed by atoms with Crippen molar-refractivity contribution in [3.05, 3.63) is 28.8 Å².